The van der Waals surface area contributed by atoms with Gasteiger partial charge in [0.1, 0.15) is 0 Å². The number of rotatable bonds is 2. The van der Waals surface area contributed by atoms with Crippen LogP contribution >= 0.6 is 0 Å². The lowest BCUT2D eigenvalue weighted by molar-refractivity contribution is 0.771. The average Bonchev–Trinajstić information content (AvgIpc) is 2.27. The number of nitrogens with zero attached hydrogens (tertiary/aromatic N) is 2. The summed E-state index contributed by atoms with van der Waals surface area (Å²) in [7, 11) is 0. The Hall–Kier alpha value is -1.48. The van der Waals surface area contributed by atoms with Crippen molar-refractivity contribution in [1.82, 2.24) is 9.97 Å². The number of hydrogen-bond acceptors (Lipinski definition) is 3. The van der Waals surface area contributed by atoms with Crippen molar-refractivity contribution in [1.29, 1.82) is 0 Å². The number of nitrogens with two attached hydrogens (primary N) is 1. The van der Waals surface area contributed by atoms with Crippen LogP contribution in [0.4, 0.5) is 0 Å². The molecule has 14 heavy (non-hydrogen) atoms. The molecule has 2 rings (SSSR count). The van der Waals surface area contributed by atoms with Gasteiger partial charge in [-0.15, -0.1) is 0 Å². The lowest BCUT2D eigenvalue weighted by Crippen LogP contribution is -2.09. The van der Waals surface area contributed by atoms with Crippen LogP contribution in [0.15, 0.2) is 30.7 Å². The number of hydrogen-bond donors (Lipinski definition) is 1. The summed E-state index contributed by atoms with van der Waals surface area (Å²) in [4.78, 5) is 8.42. The maximum absolute atomic E-state index is 5.60. The van der Waals surface area contributed by atoms with Gasteiger partial charge >= 0.3 is 0 Å². The van der Waals surface area contributed by atoms with Crippen LogP contribution in [0.3, 0.4) is 0 Å². The third-order valence-electron chi connectivity index (χ3n) is 2.43. The monoisotopic (exact) mass is 187 g/mol. The SMILES string of the molecule is CC(CN)c1cnc2ccncc2c1. The van der Waals surface area contributed by atoms with Crippen LogP contribution in [0.1, 0.15) is 18.4 Å². The summed E-state index contributed by atoms with van der Waals surface area (Å²) in [5.41, 5.74) is 7.76. The first-order valence-corrected chi connectivity index (χ1v) is 4.71. The zero-order chi connectivity index (χ0) is 9.97. The molecule has 2 aromatic rings. The molecule has 1 unspecified atom stereocenters. The Kier molecular flexibility index (Phi) is 2.41. The van der Waals surface area contributed by atoms with E-state index in [-0.39, 0.29) is 0 Å². The Morgan fingerprint density at radius 3 is 3.07 bits per heavy atom. The van der Waals surface area contributed by atoms with Gasteiger partial charge in [0.15, 0.2) is 0 Å². The maximum Gasteiger partial charge on any atom is 0.0732 e. The Bertz CT molecular complexity index is 439. The summed E-state index contributed by atoms with van der Waals surface area (Å²) >= 11 is 0. The van der Waals surface area contributed by atoms with Crippen molar-refractivity contribution in [3.8, 4) is 0 Å². The van der Waals surface area contributed by atoms with Crippen molar-refractivity contribution < 1.29 is 0 Å². The molecule has 0 saturated heterocycles. The standard InChI is InChI=1S/C11H13N3/c1-8(5-12)9-4-10-6-13-3-2-11(10)14-7-9/h2-4,6-8H,5,12H2,1H3. The first-order chi connectivity index (χ1) is 6.81. The van der Waals surface area contributed by atoms with Gasteiger partial charge in [-0.1, -0.05) is 6.92 Å². The molecular formula is C11H13N3. The topological polar surface area (TPSA) is 51.8 Å². The number of pyridine rings is 2. The highest BCUT2D eigenvalue weighted by Crippen LogP contribution is 2.17. The molecule has 2 heterocycles. The molecule has 2 aromatic heterocycles. The molecule has 72 valence electrons. The summed E-state index contributed by atoms with van der Waals surface area (Å²) in [6.45, 7) is 2.74. The van der Waals surface area contributed by atoms with Crippen LogP contribution in [-0.2, 0) is 0 Å². The van der Waals surface area contributed by atoms with Gasteiger partial charge < -0.3 is 5.73 Å². The van der Waals surface area contributed by atoms with Gasteiger partial charge in [-0.2, -0.15) is 0 Å². The summed E-state index contributed by atoms with van der Waals surface area (Å²) in [5.74, 6) is 0.354. The summed E-state index contributed by atoms with van der Waals surface area (Å²) in [5, 5.41) is 1.07. The number of fused-ring (bicyclic) bond motifs is 1. The second kappa shape index (κ2) is 3.72. The first kappa shape index (κ1) is 9.09. The lowest BCUT2D eigenvalue weighted by atomic mass is 10.0. The normalized spacial score (nSPS) is 13.0. The van der Waals surface area contributed by atoms with E-state index in [4.69, 9.17) is 5.73 Å². The average molecular weight is 187 g/mol. The molecule has 3 nitrogen and oxygen atoms in total. The molecule has 0 radical (unpaired) electrons. The zero-order valence-corrected chi connectivity index (χ0v) is 8.14. The molecule has 0 fully saturated rings. The molecular weight excluding hydrogens is 174 g/mol. The fourth-order valence-corrected chi connectivity index (χ4v) is 1.39. The van der Waals surface area contributed by atoms with Crippen molar-refractivity contribution >= 4 is 10.9 Å². The van der Waals surface area contributed by atoms with Crippen molar-refractivity contribution in [2.24, 2.45) is 5.73 Å². The quantitative estimate of drug-likeness (QED) is 0.778. The summed E-state index contributed by atoms with van der Waals surface area (Å²) in [6, 6.07) is 4.01. The highest BCUT2D eigenvalue weighted by atomic mass is 14.7. The molecule has 0 aliphatic heterocycles. The lowest BCUT2D eigenvalue weighted by Gasteiger charge is -2.08. The van der Waals surface area contributed by atoms with E-state index in [1.807, 2.05) is 18.5 Å². The van der Waals surface area contributed by atoms with E-state index in [0.717, 1.165) is 10.9 Å². The smallest absolute Gasteiger partial charge is 0.0732 e. The fraction of sp³-hybridized carbons (Fsp3) is 0.273. The van der Waals surface area contributed by atoms with E-state index in [1.54, 1.807) is 6.20 Å². The van der Waals surface area contributed by atoms with Crippen LogP contribution in [0.25, 0.3) is 10.9 Å². The third-order valence-corrected chi connectivity index (χ3v) is 2.43. The van der Waals surface area contributed by atoms with Crippen LogP contribution < -0.4 is 5.73 Å². The van der Waals surface area contributed by atoms with E-state index < -0.39 is 0 Å². The van der Waals surface area contributed by atoms with Crippen LogP contribution in [0, 0.1) is 0 Å². The molecule has 2 N–H and O–H groups in total. The molecule has 0 spiro atoms. The van der Waals surface area contributed by atoms with Gasteiger partial charge in [0, 0.05) is 24.0 Å². The molecule has 0 aliphatic carbocycles. The molecule has 0 amide bonds. The Morgan fingerprint density at radius 2 is 2.29 bits per heavy atom. The van der Waals surface area contributed by atoms with Crippen molar-refractivity contribution in [2.75, 3.05) is 6.54 Å². The molecule has 3 heteroatoms. The minimum atomic E-state index is 0.354. The van der Waals surface area contributed by atoms with Crippen molar-refractivity contribution in [2.45, 2.75) is 12.8 Å². The second-order valence-electron chi connectivity index (χ2n) is 3.47. The van der Waals surface area contributed by atoms with Gasteiger partial charge in [0.05, 0.1) is 5.52 Å². The van der Waals surface area contributed by atoms with E-state index in [2.05, 4.69) is 23.0 Å². The van der Waals surface area contributed by atoms with Crippen LogP contribution in [-0.4, -0.2) is 16.5 Å². The predicted molar refractivity (Wildman–Crippen MR) is 57.0 cm³/mol. The highest BCUT2D eigenvalue weighted by molar-refractivity contribution is 5.77. The van der Waals surface area contributed by atoms with Gasteiger partial charge in [-0.3, -0.25) is 9.97 Å². The second-order valence-corrected chi connectivity index (χ2v) is 3.47. The van der Waals surface area contributed by atoms with Crippen molar-refractivity contribution in [3.05, 3.63) is 36.3 Å². The fourth-order valence-electron chi connectivity index (χ4n) is 1.39. The molecule has 0 aliphatic rings. The van der Waals surface area contributed by atoms with Gasteiger partial charge in [0.2, 0.25) is 0 Å². The zero-order valence-electron chi connectivity index (χ0n) is 8.14. The van der Waals surface area contributed by atoms with Gasteiger partial charge in [-0.05, 0) is 30.2 Å². The molecule has 1 atom stereocenters. The minimum absolute atomic E-state index is 0.354. The maximum atomic E-state index is 5.60. The van der Waals surface area contributed by atoms with Gasteiger partial charge in [0.25, 0.3) is 0 Å². The Balaban J connectivity index is 2.51. The van der Waals surface area contributed by atoms with E-state index >= 15 is 0 Å². The molecule has 0 aromatic carbocycles. The van der Waals surface area contributed by atoms with E-state index in [9.17, 15) is 0 Å². The Morgan fingerprint density at radius 1 is 1.43 bits per heavy atom. The predicted octanol–water partition coefficient (Wildman–Crippen LogP) is 1.69. The first-order valence-electron chi connectivity index (χ1n) is 4.71. The molecule has 0 bridgehead atoms. The molecule has 0 saturated carbocycles. The highest BCUT2D eigenvalue weighted by Gasteiger charge is 2.04. The minimum Gasteiger partial charge on any atom is -0.330 e. The van der Waals surface area contributed by atoms with Crippen LogP contribution in [0.5, 0.6) is 0 Å². The summed E-state index contributed by atoms with van der Waals surface area (Å²) < 4.78 is 0. The number of aromatic nitrogens is 2. The Labute approximate surface area is 83.0 Å². The van der Waals surface area contributed by atoms with E-state index in [0.29, 0.717) is 12.5 Å². The van der Waals surface area contributed by atoms with E-state index in [1.165, 1.54) is 5.56 Å². The summed E-state index contributed by atoms with van der Waals surface area (Å²) in [6.07, 6.45) is 5.47. The largest absolute Gasteiger partial charge is 0.330 e. The van der Waals surface area contributed by atoms with Crippen LogP contribution in [0.2, 0.25) is 0 Å². The van der Waals surface area contributed by atoms with Crippen molar-refractivity contribution in [3.63, 3.8) is 0 Å². The van der Waals surface area contributed by atoms with Gasteiger partial charge in [-0.25, -0.2) is 0 Å². The third kappa shape index (κ3) is 1.59.